The van der Waals surface area contributed by atoms with Crippen LogP contribution in [-0.2, 0) is 27.3 Å². The summed E-state index contributed by atoms with van der Waals surface area (Å²) in [6.45, 7) is 3.83. The molecule has 0 heterocycles. The summed E-state index contributed by atoms with van der Waals surface area (Å²) in [5, 5.41) is 2.76. The van der Waals surface area contributed by atoms with E-state index in [0.29, 0.717) is 12.3 Å². The molecule has 0 fully saturated rings. The first-order chi connectivity index (χ1) is 12.9. The van der Waals surface area contributed by atoms with Crippen molar-refractivity contribution in [3.05, 3.63) is 59.2 Å². The molecule has 0 aliphatic rings. The molecule has 0 aromatic heterocycles. The summed E-state index contributed by atoms with van der Waals surface area (Å²) in [5.74, 6) is 0.537. The van der Waals surface area contributed by atoms with Crippen LogP contribution in [0.2, 0.25) is 0 Å². The van der Waals surface area contributed by atoms with E-state index in [9.17, 15) is 9.59 Å². The molecule has 2 aromatic carbocycles. The summed E-state index contributed by atoms with van der Waals surface area (Å²) < 4.78 is 15.6. The summed E-state index contributed by atoms with van der Waals surface area (Å²) in [5.41, 5.74) is 2.67. The van der Waals surface area contributed by atoms with Gasteiger partial charge >= 0.3 is 5.97 Å². The number of carbonyl (C=O) groups is 2. The first-order valence-corrected chi connectivity index (χ1v) is 8.66. The van der Waals surface area contributed by atoms with E-state index in [1.165, 1.54) is 0 Å². The van der Waals surface area contributed by atoms with Crippen molar-refractivity contribution in [2.45, 2.75) is 32.9 Å². The van der Waals surface area contributed by atoms with E-state index < -0.39 is 12.1 Å². The minimum Gasteiger partial charge on any atom is -0.497 e. The number of aryl methyl sites for hydroxylation is 1. The fraction of sp³-hybridized carbons (Fsp3) is 0.333. The predicted octanol–water partition coefficient (Wildman–Crippen LogP) is 2.80. The molecule has 0 saturated carbocycles. The lowest BCUT2D eigenvalue weighted by atomic mass is 10.1. The van der Waals surface area contributed by atoms with Crippen molar-refractivity contribution >= 4 is 11.9 Å². The molecule has 0 bridgehead atoms. The van der Waals surface area contributed by atoms with E-state index >= 15 is 0 Å². The molecule has 2 rings (SSSR count). The number of methoxy groups -OCH3 is 2. The Morgan fingerprint density at radius 1 is 1.04 bits per heavy atom. The first-order valence-electron chi connectivity index (χ1n) is 8.66. The number of rotatable bonds is 8. The van der Waals surface area contributed by atoms with E-state index in [4.69, 9.17) is 14.2 Å². The van der Waals surface area contributed by atoms with Gasteiger partial charge < -0.3 is 19.5 Å². The Morgan fingerprint density at radius 2 is 1.74 bits per heavy atom. The number of carbonyl (C=O) groups excluding carboxylic acids is 2. The van der Waals surface area contributed by atoms with E-state index in [0.717, 1.165) is 22.4 Å². The second-order valence-corrected chi connectivity index (χ2v) is 6.19. The molecule has 27 heavy (non-hydrogen) atoms. The summed E-state index contributed by atoms with van der Waals surface area (Å²) in [7, 11) is 3.15. The van der Waals surface area contributed by atoms with Crippen LogP contribution in [0.1, 0.15) is 23.6 Å². The van der Waals surface area contributed by atoms with E-state index in [1.54, 1.807) is 21.1 Å². The van der Waals surface area contributed by atoms with Gasteiger partial charge in [0.15, 0.2) is 6.10 Å². The van der Waals surface area contributed by atoms with Crippen molar-refractivity contribution in [3.8, 4) is 11.5 Å². The molecule has 1 atom stereocenters. The Morgan fingerprint density at radius 3 is 2.37 bits per heavy atom. The van der Waals surface area contributed by atoms with Gasteiger partial charge in [-0.15, -0.1) is 0 Å². The zero-order valence-electron chi connectivity index (χ0n) is 16.1. The lowest BCUT2D eigenvalue weighted by Crippen LogP contribution is -2.35. The van der Waals surface area contributed by atoms with Gasteiger partial charge in [-0.25, -0.2) is 0 Å². The smallest absolute Gasteiger partial charge is 0.311 e. The Labute approximate surface area is 159 Å². The Balaban J connectivity index is 1.86. The number of hydrogen-bond donors (Lipinski definition) is 1. The molecule has 1 amide bonds. The first kappa shape index (κ1) is 20.3. The van der Waals surface area contributed by atoms with Crippen LogP contribution < -0.4 is 14.8 Å². The van der Waals surface area contributed by atoms with Gasteiger partial charge in [-0.05, 0) is 37.6 Å². The molecule has 144 valence electrons. The lowest BCUT2D eigenvalue weighted by molar-refractivity contribution is -0.154. The van der Waals surface area contributed by atoms with Gasteiger partial charge in [0.05, 0.1) is 20.6 Å². The van der Waals surface area contributed by atoms with Gasteiger partial charge in [0.2, 0.25) is 0 Å². The fourth-order valence-corrected chi connectivity index (χ4v) is 2.57. The normalized spacial score (nSPS) is 11.4. The molecule has 6 nitrogen and oxygen atoms in total. The number of benzene rings is 2. The van der Waals surface area contributed by atoms with Crippen molar-refractivity contribution in [3.63, 3.8) is 0 Å². The molecule has 1 N–H and O–H groups in total. The van der Waals surface area contributed by atoms with Crippen LogP contribution in [0.15, 0.2) is 42.5 Å². The Kier molecular flexibility index (Phi) is 7.23. The number of amides is 1. The Hall–Kier alpha value is -3.02. The third kappa shape index (κ3) is 6.02. The average molecular weight is 371 g/mol. The largest absolute Gasteiger partial charge is 0.497 e. The van der Waals surface area contributed by atoms with Gasteiger partial charge in [-0.2, -0.15) is 0 Å². The maximum absolute atomic E-state index is 12.2. The molecule has 0 saturated heterocycles. The number of hydrogen-bond acceptors (Lipinski definition) is 5. The maximum Gasteiger partial charge on any atom is 0.311 e. The summed E-state index contributed by atoms with van der Waals surface area (Å²) in [4.78, 5) is 24.3. The molecule has 0 aliphatic heterocycles. The highest BCUT2D eigenvalue weighted by atomic mass is 16.5. The van der Waals surface area contributed by atoms with Crippen LogP contribution in [0.25, 0.3) is 0 Å². The summed E-state index contributed by atoms with van der Waals surface area (Å²) >= 11 is 0. The van der Waals surface area contributed by atoms with Crippen LogP contribution in [-0.4, -0.2) is 32.2 Å². The SMILES string of the molecule is COc1ccc(CNC(=O)[C@@H](C)OC(=O)Cc2cc(C)ccc2OC)cc1. The highest BCUT2D eigenvalue weighted by molar-refractivity contribution is 5.84. The highest BCUT2D eigenvalue weighted by Gasteiger charge is 2.19. The van der Waals surface area contributed by atoms with Crippen molar-refractivity contribution in [2.24, 2.45) is 0 Å². The molecular formula is C21H25NO5. The maximum atomic E-state index is 12.2. The van der Waals surface area contributed by atoms with Gasteiger partial charge in [0.1, 0.15) is 11.5 Å². The molecule has 6 heteroatoms. The summed E-state index contributed by atoms with van der Waals surface area (Å²) in [6.07, 6.45) is -0.840. The van der Waals surface area contributed by atoms with Crippen molar-refractivity contribution in [2.75, 3.05) is 14.2 Å². The molecular weight excluding hydrogens is 346 g/mol. The Bertz CT molecular complexity index is 786. The molecule has 0 aliphatic carbocycles. The highest BCUT2D eigenvalue weighted by Crippen LogP contribution is 2.20. The molecule has 0 radical (unpaired) electrons. The van der Waals surface area contributed by atoms with Crippen molar-refractivity contribution in [1.82, 2.24) is 5.32 Å². The monoisotopic (exact) mass is 371 g/mol. The second-order valence-electron chi connectivity index (χ2n) is 6.19. The minimum absolute atomic E-state index is 0.0426. The predicted molar refractivity (Wildman–Crippen MR) is 102 cm³/mol. The fourth-order valence-electron chi connectivity index (χ4n) is 2.57. The third-order valence-corrected chi connectivity index (χ3v) is 4.07. The summed E-state index contributed by atoms with van der Waals surface area (Å²) in [6, 6.07) is 12.9. The topological polar surface area (TPSA) is 73.9 Å². The molecule has 0 unspecified atom stereocenters. The zero-order valence-corrected chi connectivity index (χ0v) is 16.1. The zero-order chi connectivity index (χ0) is 19.8. The van der Waals surface area contributed by atoms with Crippen molar-refractivity contribution < 1.29 is 23.8 Å². The van der Waals surface area contributed by atoms with E-state index in [2.05, 4.69) is 5.32 Å². The second kappa shape index (κ2) is 9.62. The van der Waals surface area contributed by atoms with Crippen LogP contribution in [0.3, 0.4) is 0 Å². The number of nitrogens with one attached hydrogen (secondary N) is 1. The van der Waals surface area contributed by atoms with Crippen LogP contribution in [0.4, 0.5) is 0 Å². The van der Waals surface area contributed by atoms with E-state index in [-0.39, 0.29) is 12.3 Å². The van der Waals surface area contributed by atoms with Gasteiger partial charge in [-0.1, -0.05) is 29.8 Å². The number of esters is 1. The standard InChI is InChI=1S/C21H25NO5/c1-14-5-10-19(26-4)17(11-14)12-20(23)27-15(2)21(24)22-13-16-6-8-18(25-3)9-7-16/h5-11,15H,12-13H2,1-4H3,(H,22,24)/t15-/m1/s1. The van der Waals surface area contributed by atoms with Crippen molar-refractivity contribution in [1.29, 1.82) is 0 Å². The van der Waals surface area contributed by atoms with Gasteiger partial charge in [-0.3, -0.25) is 9.59 Å². The quantitative estimate of drug-likeness (QED) is 0.723. The number of ether oxygens (including phenoxy) is 3. The van der Waals surface area contributed by atoms with Crippen LogP contribution in [0, 0.1) is 6.92 Å². The van der Waals surface area contributed by atoms with Gasteiger partial charge in [0.25, 0.3) is 5.91 Å². The molecule has 2 aromatic rings. The third-order valence-electron chi connectivity index (χ3n) is 4.07. The molecule has 0 spiro atoms. The minimum atomic E-state index is -0.883. The average Bonchev–Trinajstić information content (AvgIpc) is 2.66. The van der Waals surface area contributed by atoms with E-state index in [1.807, 2.05) is 49.4 Å². The van der Waals surface area contributed by atoms with Crippen LogP contribution >= 0.6 is 0 Å². The van der Waals surface area contributed by atoms with Crippen LogP contribution in [0.5, 0.6) is 11.5 Å². The van der Waals surface area contributed by atoms with Gasteiger partial charge in [0, 0.05) is 12.1 Å². The lowest BCUT2D eigenvalue weighted by Gasteiger charge is -2.15.